The molecule has 0 spiro atoms. The van der Waals surface area contributed by atoms with E-state index in [9.17, 15) is 14.4 Å². The highest BCUT2D eigenvalue weighted by molar-refractivity contribution is 7.19. The van der Waals surface area contributed by atoms with E-state index in [-0.39, 0.29) is 23.8 Å². The summed E-state index contributed by atoms with van der Waals surface area (Å²) in [5.74, 6) is -0.259. The fourth-order valence-corrected chi connectivity index (χ4v) is 4.64. The van der Waals surface area contributed by atoms with E-state index in [1.807, 2.05) is 44.2 Å². The predicted molar refractivity (Wildman–Crippen MR) is 128 cm³/mol. The van der Waals surface area contributed by atoms with Crippen molar-refractivity contribution in [1.82, 2.24) is 9.55 Å². The van der Waals surface area contributed by atoms with Crippen LogP contribution in [-0.4, -0.2) is 21.2 Å². The SMILES string of the molecule is CCCC(=O)Nc1ccc(C(=O)Cn2cnc3sc(C)c(-c4ccccc4)c3c2=O)cc1. The van der Waals surface area contributed by atoms with E-state index in [0.717, 1.165) is 22.4 Å². The molecule has 1 N–H and O–H groups in total. The highest BCUT2D eigenvalue weighted by Crippen LogP contribution is 2.35. The zero-order valence-corrected chi connectivity index (χ0v) is 18.7. The topological polar surface area (TPSA) is 81.1 Å². The largest absolute Gasteiger partial charge is 0.326 e. The third-order valence-corrected chi connectivity index (χ3v) is 6.21. The molecule has 0 unspecified atom stereocenters. The lowest BCUT2D eigenvalue weighted by atomic mass is 10.0. The third kappa shape index (κ3) is 4.38. The first-order chi connectivity index (χ1) is 15.5. The molecule has 2 aromatic heterocycles. The lowest BCUT2D eigenvalue weighted by Crippen LogP contribution is -2.24. The molecule has 0 atom stereocenters. The predicted octanol–water partition coefficient (Wildman–Crippen LogP) is 5.05. The van der Waals surface area contributed by atoms with Gasteiger partial charge in [-0.3, -0.25) is 19.0 Å². The Morgan fingerprint density at radius 3 is 2.47 bits per heavy atom. The van der Waals surface area contributed by atoms with E-state index in [0.29, 0.717) is 27.9 Å². The lowest BCUT2D eigenvalue weighted by molar-refractivity contribution is -0.116. The third-order valence-electron chi connectivity index (χ3n) is 5.20. The van der Waals surface area contributed by atoms with Crippen molar-refractivity contribution >= 4 is 38.9 Å². The first kappa shape index (κ1) is 21.6. The number of hydrogen-bond acceptors (Lipinski definition) is 5. The molecular formula is C25H23N3O3S. The molecule has 0 radical (unpaired) electrons. The van der Waals surface area contributed by atoms with Gasteiger partial charge in [0.15, 0.2) is 5.78 Å². The van der Waals surface area contributed by atoms with Gasteiger partial charge in [-0.25, -0.2) is 4.98 Å². The van der Waals surface area contributed by atoms with Crippen molar-refractivity contribution in [1.29, 1.82) is 0 Å². The Bertz CT molecular complexity index is 1340. The number of nitrogens with zero attached hydrogens (tertiary/aromatic N) is 2. The van der Waals surface area contributed by atoms with Crippen molar-refractivity contribution < 1.29 is 9.59 Å². The number of Topliss-reactive ketones (excluding diaryl/α,β-unsaturated/α-hetero) is 1. The van der Waals surface area contributed by atoms with Crippen LogP contribution in [0.25, 0.3) is 21.3 Å². The summed E-state index contributed by atoms with van der Waals surface area (Å²) in [5.41, 5.74) is 2.71. The van der Waals surface area contributed by atoms with Crippen LogP contribution in [0.4, 0.5) is 5.69 Å². The molecule has 0 saturated carbocycles. The van der Waals surface area contributed by atoms with Crippen LogP contribution in [-0.2, 0) is 11.3 Å². The van der Waals surface area contributed by atoms with Gasteiger partial charge in [0.25, 0.3) is 5.56 Å². The van der Waals surface area contributed by atoms with Crippen molar-refractivity contribution in [2.75, 3.05) is 5.32 Å². The number of thiophene rings is 1. The maximum absolute atomic E-state index is 13.3. The number of amides is 1. The number of carbonyl (C=O) groups is 2. The van der Waals surface area contributed by atoms with Crippen molar-refractivity contribution in [2.45, 2.75) is 33.2 Å². The number of aromatic nitrogens is 2. The molecule has 32 heavy (non-hydrogen) atoms. The van der Waals surface area contributed by atoms with Crippen LogP contribution in [0.1, 0.15) is 35.0 Å². The first-order valence-electron chi connectivity index (χ1n) is 10.4. The summed E-state index contributed by atoms with van der Waals surface area (Å²) < 4.78 is 1.36. The van der Waals surface area contributed by atoms with Gasteiger partial charge in [0.2, 0.25) is 5.91 Å². The summed E-state index contributed by atoms with van der Waals surface area (Å²) in [6, 6.07) is 16.4. The molecule has 1 amide bonds. The van der Waals surface area contributed by atoms with Gasteiger partial charge in [-0.1, -0.05) is 37.3 Å². The number of fused-ring (bicyclic) bond motifs is 1. The molecule has 0 fully saturated rings. The highest BCUT2D eigenvalue weighted by atomic mass is 32.1. The van der Waals surface area contributed by atoms with Crippen LogP contribution in [0.3, 0.4) is 0 Å². The molecule has 2 heterocycles. The molecule has 7 heteroatoms. The van der Waals surface area contributed by atoms with E-state index in [4.69, 9.17) is 0 Å². The number of nitrogens with one attached hydrogen (secondary N) is 1. The number of anilines is 1. The van der Waals surface area contributed by atoms with Crippen LogP contribution < -0.4 is 10.9 Å². The fraction of sp³-hybridized carbons (Fsp3) is 0.200. The minimum atomic E-state index is -0.227. The monoisotopic (exact) mass is 445 g/mol. The van der Waals surface area contributed by atoms with E-state index in [1.54, 1.807) is 24.3 Å². The molecule has 4 rings (SSSR count). The number of rotatable bonds is 7. The van der Waals surface area contributed by atoms with Gasteiger partial charge in [0.05, 0.1) is 18.3 Å². The van der Waals surface area contributed by atoms with Gasteiger partial charge in [-0.15, -0.1) is 11.3 Å². The van der Waals surface area contributed by atoms with E-state index < -0.39 is 0 Å². The van der Waals surface area contributed by atoms with E-state index in [1.165, 1.54) is 22.2 Å². The minimum Gasteiger partial charge on any atom is -0.326 e. The Hall–Kier alpha value is -3.58. The van der Waals surface area contributed by atoms with Crippen LogP contribution in [0, 0.1) is 6.92 Å². The maximum atomic E-state index is 13.3. The maximum Gasteiger partial charge on any atom is 0.263 e. The Morgan fingerprint density at radius 2 is 1.78 bits per heavy atom. The average Bonchev–Trinajstić information content (AvgIpc) is 3.13. The number of hydrogen-bond donors (Lipinski definition) is 1. The average molecular weight is 446 g/mol. The molecule has 4 aromatic rings. The zero-order valence-electron chi connectivity index (χ0n) is 17.9. The van der Waals surface area contributed by atoms with Gasteiger partial charge in [-0.05, 0) is 43.2 Å². The van der Waals surface area contributed by atoms with Crippen LogP contribution >= 0.6 is 11.3 Å². The van der Waals surface area contributed by atoms with Crippen molar-refractivity contribution in [3.63, 3.8) is 0 Å². The molecule has 162 valence electrons. The molecular weight excluding hydrogens is 422 g/mol. The van der Waals surface area contributed by atoms with Gasteiger partial charge < -0.3 is 5.32 Å². The Balaban J connectivity index is 1.61. The normalized spacial score (nSPS) is 10.9. The van der Waals surface area contributed by atoms with Gasteiger partial charge >= 0.3 is 0 Å². The molecule has 6 nitrogen and oxygen atoms in total. The Labute approximate surface area is 189 Å². The highest BCUT2D eigenvalue weighted by Gasteiger charge is 2.18. The minimum absolute atomic E-state index is 0.0576. The second kappa shape index (κ2) is 9.28. The number of aryl methyl sites for hydroxylation is 1. The van der Waals surface area contributed by atoms with E-state index >= 15 is 0 Å². The first-order valence-corrected chi connectivity index (χ1v) is 11.3. The molecule has 0 bridgehead atoms. The van der Waals surface area contributed by atoms with Gasteiger partial charge in [0, 0.05) is 28.1 Å². The number of carbonyl (C=O) groups excluding carboxylic acids is 2. The van der Waals surface area contributed by atoms with Crippen molar-refractivity contribution in [3.8, 4) is 11.1 Å². The molecule has 2 aromatic carbocycles. The summed E-state index contributed by atoms with van der Waals surface area (Å²) in [7, 11) is 0. The fourth-order valence-electron chi connectivity index (χ4n) is 3.64. The summed E-state index contributed by atoms with van der Waals surface area (Å²) in [6.45, 7) is 3.81. The van der Waals surface area contributed by atoms with Crippen molar-refractivity contribution in [3.05, 3.63) is 81.7 Å². The standard InChI is InChI=1S/C25H23N3O3S/c1-3-7-21(30)27-19-12-10-17(11-13-19)20(29)14-28-15-26-24-23(25(28)31)22(16(2)32-24)18-8-5-4-6-9-18/h4-6,8-13,15H,3,7,14H2,1-2H3,(H,27,30). The zero-order chi connectivity index (χ0) is 22.7. The molecule has 0 aliphatic heterocycles. The Morgan fingerprint density at radius 1 is 1.06 bits per heavy atom. The van der Waals surface area contributed by atoms with Crippen LogP contribution in [0.2, 0.25) is 0 Å². The smallest absolute Gasteiger partial charge is 0.263 e. The molecule has 0 saturated heterocycles. The summed E-state index contributed by atoms with van der Waals surface area (Å²) in [4.78, 5) is 43.9. The number of ketones is 1. The lowest BCUT2D eigenvalue weighted by Gasteiger charge is -2.08. The van der Waals surface area contributed by atoms with Gasteiger partial charge in [-0.2, -0.15) is 0 Å². The Kier molecular flexibility index (Phi) is 6.28. The van der Waals surface area contributed by atoms with Crippen LogP contribution in [0.5, 0.6) is 0 Å². The van der Waals surface area contributed by atoms with Gasteiger partial charge in [0.1, 0.15) is 4.83 Å². The quantitative estimate of drug-likeness (QED) is 0.404. The van der Waals surface area contributed by atoms with Crippen LogP contribution in [0.15, 0.2) is 65.7 Å². The second-order valence-corrected chi connectivity index (χ2v) is 8.76. The summed E-state index contributed by atoms with van der Waals surface area (Å²) in [5, 5.41) is 3.34. The number of benzene rings is 2. The van der Waals surface area contributed by atoms with Crippen molar-refractivity contribution in [2.24, 2.45) is 0 Å². The van der Waals surface area contributed by atoms with E-state index in [2.05, 4.69) is 10.3 Å². The summed E-state index contributed by atoms with van der Waals surface area (Å²) >= 11 is 1.48. The molecule has 0 aliphatic rings. The summed E-state index contributed by atoms with van der Waals surface area (Å²) in [6.07, 6.45) is 2.66. The molecule has 0 aliphatic carbocycles. The second-order valence-electron chi connectivity index (χ2n) is 7.56.